The molecule has 1 fully saturated rings. The van der Waals surface area contributed by atoms with Crippen LogP contribution in [-0.4, -0.2) is 50.2 Å². The average Bonchev–Trinajstić information content (AvgIpc) is 2.73. The van der Waals surface area contributed by atoms with Crippen LogP contribution in [0.4, 0.5) is 11.4 Å². The van der Waals surface area contributed by atoms with Crippen molar-refractivity contribution >= 4 is 17.3 Å². The van der Waals surface area contributed by atoms with E-state index < -0.39 is 0 Å². The van der Waals surface area contributed by atoms with E-state index in [0.29, 0.717) is 5.69 Å². The number of hydrogen-bond acceptors (Lipinski definition) is 5. The predicted molar refractivity (Wildman–Crippen MR) is 109 cm³/mol. The second-order valence-corrected chi connectivity index (χ2v) is 6.83. The summed E-state index contributed by atoms with van der Waals surface area (Å²) in [5.74, 6) is 0.790. The number of methoxy groups -OCH3 is 1. The van der Waals surface area contributed by atoms with E-state index >= 15 is 0 Å². The molecule has 6 heteroatoms. The topological polar surface area (TPSA) is 57.7 Å². The number of ether oxygens (including phenoxy) is 1. The molecule has 1 saturated heterocycles. The summed E-state index contributed by atoms with van der Waals surface area (Å²) in [6, 6.07) is 12.1. The fourth-order valence-electron chi connectivity index (χ4n) is 3.24. The van der Waals surface area contributed by atoms with Gasteiger partial charge in [-0.15, -0.1) is 0 Å². The number of carbonyl (C=O) groups excluding carboxylic acids is 1. The molecule has 0 radical (unpaired) electrons. The monoisotopic (exact) mass is 368 g/mol. The first-order chi connectivity index (χ1) is 13.1. The highest BCUT2D eigenvalue weighted by molar-refractivity contribution is 5.93. The van der Waals surface area contributed by atoms with Gasteiger partial charge in [-0.05, 0) is 37.6 Å². The highest BCUT2D eigenvalue weighted by atomic mass is 16.5. The average molecular weight is 368 g/mol. The van der Waals surface area contributed by atoms with Crippen LogP contribution in [0.25, 0.3) is 0 Å². The summed E-state index contributed by atoms with van der Waals surface area (Å²) in [4.78, 5) is 21.2. The van der Waals surface area contributed by atoms with Crippen LogP contribution in [0.15, 0.2) is 42.6 Å². The predicted octanol–water partition coefficient (Wildman–Crippen LogP) is 2.95. The standard InChI is InChI=1S/C21H28N4O2/c1-4-16(2)23-21(26)18-15-17(9-10-22-18)24-11-13-25(14-12-24)19-7-5-6-8-20(19)27-3/h5-10,15-16H,4,11-14H2,1-3H3,(H,23,26). The molecule has 1 unspecified atom stereocenters. The minimum absolute atomic E-state index is 0.112. The van der Waals surface area contributed by atoms with Gasteiger partial charge in [0, 0.05) is 44.1 Å². The highest BCUT2D eigenvalue weighted by Gasteiger charge is 2.21. The molecular formula is C21H28N4O2. The molecule has 3 rings (SSSR count). The van der Waals surface area contributed by atoms with Gasteiger partial charge in [0.05, 0.1) is 12.8 Å². The summed E-state index contributed by atoms with van der Waals surface area (Å²) in [5, 5.41) is 2.98. The van der Waals surface area contributed by atoms with Crippen LogP contribution in [0.3, 0.4) is 0 Å². The molecule has 1 aromatic heterocycles. The molecule has 27 heavy (non-hydrogen) atoms. The number of nitrogens with one attached hydrogen (secondary N) is 1. The number of aromatic nitrogens is 1. The molecule has 0 spiro atoms. The van der Waals surface area contributed by atoms with Crippen molar-refractivity contribution in [1.82, 2.24) is 10.3 Å². The summed E-state index contributed by atoms with van der Waals surface area (Å²) < 4.78 is 5.48. The van der Waals surface area contributed by atoms with Crippen LogP contribution in [-0.2, 0) is 0 Å². The first kappa shape index (κ1) is 19.0. The lowest BCUT2D eigenvalue weighted by atomic mass is 10.2. The third-order valence-electron chi connectivity index (χ3n) is 5.04. The SMILES string of the molecule is CCC(C)NC(=O)c1cc(N2CCN(c3ccccc3OC)CC2)ccn1. The molecule has 0 bridgehead atoms. The summed E-state index contributed by atoms with van der Waals surface area (Å²) in [6.45, 7) is 7.62. The molecule has 144 valence electrons. The normalized spacial score (nSPS) is 15.4. The quantitative estimate of drug-likeness (QED) is 0.850. The van der Waals surface area contributed by atoms with E-state index in [1.807, 2.05) is 37.3 Å². The number of piperazine rings is 1. The number of para-hydroxylation sites is 2. The van der Waals surface area contributed by atoms with Crippen molar-refractivity contribution in [3.8, 4) is 5.75 Å². The maximum atomic E-state index is 12.3. The van der Waals surface area contributed by atoms with Crippen molar-refractivity contribution in [2.45, 2.75) is 26.3 Å². The summed E-state index contributed by atoms with van der Waals surface area (Å²) in [5.41, 5.74) is 2.64. The Hall–Kier alpha value is -2.76. The van der Waals surface area contributed by atoms with E-state index in [0.717, 1.165) is 49.7 Å². The number of benzene rings is 1. The molecule has 1 N–H and O–H groups in total. The second kappa shape index (κ2) is 8.75. The molecule has 1 atom stereocenters. The van der Waals surface area contributed by atoms with Crippen LogP contribution in [0.2, 0.25) is 0 Å². The molecule has 1 amide bonds. The van der Waals surface area contributed by atoms with Crippen molar-refractivity contribution in [3.63, 3.8) is 0 Å². The smallest absolute Gasteiger partial charge is 0.270 e. The minimum atomic E-state index is -0.112. The summed E-state index contributed by atoms with van der Waals surface area (Å²) >= 11 is 0. The number of carbonyl (C=O) groups is 1. The van der Waals surface area contributed by atoms with E-state index in [4.69, 9.17) is 4.74 Å². The summed E-state index contributed by atoms with van der Waals surface area (Å²) in [7, 11) is 1.71. The maximum absolute atomic E-state index is 12.3. The number of pyridine rings is 1. The number of anilines is 2. The Morgan fingerprint density at radius 2 is 1.89 bits per heavy atom. The van der Waals surface area contributed by atoms with Gasteiger partial charge in [-0.1, -0.05) is 19.1 Å². The van der Waals surface area contributed by atoms with E-state index in [-0.39, 0.29) is 11.9 Å². The van der Waals surface area contributed by atoms with E-state index in [1.54, 1.807) is 13.3 Å². The minimum Gasteiger partial charge on any atom is -0.495 e. The van der Waals surface area contributed by atoms with Crippen LogP contribution in [0, 0.1) is 0 Å². The fraction of sp³-hybridized carbons (Fsp3) is 0.429. The number of rotatable bonds is 6. The van der Waals surface area contributed by atoms with Crippen LogP contribution >= 0.6 is 0 Å². The number of amides is 1. The second-order valence-electron chi connectivity index (χ2n) is 6.83. The van der Waals surface area contributed by atoms with Gasteiger partial charge in [-0.2, -0.15) is 0 Å². The Balaban J connectivity index is 1.66. The molecule has 0 saturated carbocycles. The Morgan fingerprint density at radius 3 is 2.59 bits per heavy atom. The molecule has 0 aliphatic carbocycles. The highest BCUT2D eigenvalue weighted by Crippen LogP contribution is 2.29. The Labute approximate surface area is 161 Å². The fourth-order valence-corrected chi connectivity index (χ4v) is 3.24. The number of hydrogen-bond donors (Lipinski definition) is 1. The molecule has 1 aliphatic heterocycles. The molecule has 1 aliphatic rings. The van der Waals surface area contributed by atoms with Crippen LogP contribution < -0.4 is 19.9 Å². The van der Waals surface area contributed by atoms with Crippen LogP contribution in [0.1, 0.15) is 30.8 Å². The van der Waals surface area contributed by atoms with Gasteiger partial charge in [-0.25, -0.2) is 0 Å². The Kier molecular flexibility index (Phi) is 6.16. The molecule has 2 aromatic rings. The Morgan fingerprint density at radius 1 is 1.19 bits per heavy atom. The van der Waals surface area contributed by atoms with E-state index in [9.17, 15) is 4.79 Å². The summed E-state index contributed by atoms with van der Waals surface area (Å²) in [6.07, 6.45) is 2.61. The van der Waals surface area contributed by atoms with Gasteiger partial charge in [0.15, 0.2) is 0 Å². The third-order valence-corrected chi connectivity index (χ3v) is 5.04. The first-order valence-corrected chi connectivity index (χ1v) is 9.52. The van der Waals surface area contributed by atoms with Gasteiger partial charge < -0.3 is 19.9 Å². The van der Waals surface area contributed by atoms with Gasteiger partial charge in [0.25, 0.3) is 5.91 Å². The van der Waals surface area contributed by atoms with Crippen molar-refractivity contribution in [1.29, 1.82) is 0 Å². The first-order valence-electron chi connectivity index (χ1n) is 9.52. The van der Waals surface area contributed by atoms with Gasteiger partial charge >= 0.3 is 0 Å². The van der Waals surface area contributed by atoms with Gasteiger partial charge in [0.1, 0.15) is 11.4 Å². The van der Waals surface area contributed by atoms with Crippen molar-refractivity contribution < 1.29 is 9.53 Å². The van der Waals surface area contributed by atoms with Crippen molar-refractivity contribution in [2.75, 3.05) is 43.1 Å². The van der Waals surface area contributed by atoms with E-state index in [1.165, 1.54) is 0 Å². The van der Waals surface area contributed by atoms with Crippen molar-refractivity contribution in [2.24, 2.45) is 0 Å². The molecule has 1 aromatic carbocycles. The van der Waals surface area contributed by atoms with Gasteiger partial charge in [0.2, 0.25) is 0 Å². The number of nitrogens with zero attached hydrogens (tertiary/aromatic N) is 3. The zero-order chi connectivity index (χ0) is 19.2. The zero-order valence-electron chi connectivity index (χ0n) is 16.3. The lowest BCUT2D eigenvalue weighted by molar-refractivity contribution is 0.0934. The molecule has 6 nitrogen and oxygen atoms in total. The van der Waals surface area contributed by atoms with Crippen LogP contribution in [0.5, 0.6) is 5.75 Å². The van der Waals surface area contributed by atoms with E-state index in [2.05, 4.69) is 33.1 Å². The third kappa shape index (κ3) is 4.51. The zero-order valence-corrected chi connectivity index (χ0v) is 16.3. The Bertz CT molecular complexity index is 772. The van der Waals surface area contributed by atoms with Gasteiger partial charge in [-0.3, -0.25) is 9.78 Å². The molecule has 2 heterocycles. The lowest BCUT2D eigenvalue weighted by Crippen LogP contribution is -2.46. The maximum Gasteiger partial charge on any atom is 0.270 e. The molecular weight excluding hydrogens is 340 g/mol. The lowest BCUT2D eigenvalue weighted by Gasteiger charge is -2.37. The van der Waals surface area contributed by atoms with Crippen molar-refractivity contribution in [3.05, 3.63) is 48.3 Å². The largest absolute Gasteiger partial charge is 0.495 e.